The number of nitrogens with one attached hydrogen (secondary N) is 1. The molecule has 3 aromatic carbocycles. The fourth-order valence-corrected chi connectivity index (χ4v) is 5.73. The molecule has 2 amide bonds. The highest BCUT2D eigenvalue weighted by Gasteiger charge is 2.33. The van der Waals surface area contributed by atoms with Crippen molar-refractivity contribution in [2.75, 3.05) is 23.7 Å². The van der Waals surface area contributed by atoms with Gasteiger partial charge in [0.1, 0.15) is 12.6 Å². The predicted octanol–water partition coefficient (Wildman–Crippen LogP) is 5.62. The first-order valence-corrected chi connectivity index (χ1v) is 15.7. The van der Waals surface area contributed by atoms with Crippen LogP contribution in [0.15, 0.2) is 72.8 Å². The number of amides is 2. The molecule has 10 heteroatoms. The summed E-state index contributed by atoms with van der Waals surface area (Å²) in [4.78, 5) is 29.2. The number of carbonyl (C=O) groups is 2. The molecule has 40 heavy (non-hydrogen) atoms. The van der Waals surface area contributed by atoms with Gasteiger partial charge in [-0.1, -0.05) is 91.1 Å². The number of sulfonamides is 1. The van der Waals surface area contributed by atoms with E-state index in [1.54, 1.807) is 0 Å². The highest BCUT2D eigenvalue weighted by molar-refractivity contribution is 7.92. The zero-order valence-corrected chi connectivity index (χ0v) is 25.3. The molecule has 7 nitrogen and oxygen atoms in total. The molecule has 0 saturated heterocycles. The molecule has 214 valence electrons. The minimum atomic E-state index is -3.93. The van der Waals surface area contributed by atoms with Gasteiger partial charge in [0.15, 0.2) is 0 Å². The van der Waals surface area contributed by atoms with Crippen LogP contribution in [0.2, 0.25) is 10.0 Å². The Morgan fingerprint density at radius 2 is 1.65 bits per heavy atom. The first-order valence-electron chi connectivity index (χ1n) is 13.1. The lowest BCUT2D eigenvalue weighted by molar-refractivity contribution is -0.140. The van der Waals surface area contributed by atoms with Crippen molar-refractivity contribution in [3.8, 4) is 0 Å². The van der Waals surface area contributed by atoms with E-state index in [0.717, 1.165) is 40.1 Å². The van der Waals surface area contributed by atoms with Crippen molar-refractivity contribution >= 4 is 50.7 Å². The average molecular weight is 605 g/mol. The number of rotatable bonds is 13. The summed E-state index contributed by atoms with van der Waals surface area (Å²) in [6.45, 7) is 4.02. The Bertz CT molecular complexity index is 1420. The number of aryl methyl sites for hydroxylation is 1. The number of hydrogen-bond donors (Lipinski definition) is 1. The van der Waals surface area contributed by atoms with Gasteiger partial charge in [-0.15, -0.1) is 0 Å². The van der Waals surface area contributed by atoms with Crippen molar-refractivity contribution < 1.29 is 18.0 Å². The Morgan fingerprint density at radius 1 is 0.975 bits per heavy atom. The molecular weight excluding hydrogens is 569 g/mol. The molecule has 0 aromatic heterocycles. The third kappa shape index (κ3) is 8.71. The maximum Gasteiger partial charge on any atom is 0.244 e. The smallest absolute Gasteiger partial charge is 0.244 e. The zero-order valence-electron chi connectivity index (χ0n) is 22.9. The Labute approximate surface area is 247 Å². The Kier molecular flexibility index (Phi) is 11.4. The lowest BCUT2D eigenvalue weighted by Crippen LogP contribution is -2.53. The molecule has 0 heterocycles. The summed E-state index contributed by atoms with van der Waals surface area (Å²) < 4.78 is 26.7. The van der Waals surface area contributed by atoms with Crippen LogP contribution in [0, 0.1) is 6.92 Å². The summed E-state index contributed by atoms with van der Waals surface area (Å²) in [6.07, 6.45) is 2.97. The third-order valence-electron chi connectivity index (χ3n) is 6.56. The van der Waals surface area contributed by atoms with Crippen LogP contribution >= 0.6 is 23.2 Å². The highest BCUT2D eigenvalue weighted by Crippen LogP contribution is 2.30. The van der Waals surface area contributed by atoms with Crippen LogP contribution in [0.5, 0.6) is 0 Å². The molecule has 3 rings (SSSR count). The van der Waals surface area contributed by atoms with Crippen LogP contribution in [-0.2, 0) is 32.6 Å². The van der Waals surface area contributed by atoms with Gasteiger partial charge in [0.2, 0.25) is 21.8 Å². The average Bonchev–Trinajstić information content (AvgIpc) is 2.90. The quantitative estimate of drug-likeness (QED) is 0.257. The van der Waals surface area contributed by atoms with Gasteiger partial charge in [0, 0.05) is 24.5 Å². The van der Waals surface area contributed by atoms with E-state index in [1.807, 2.05) is 68.4 Å². The van der Waals surface area contributed by atoms with E-state index in [1.165, 1.54) is 23.1 Å². The number of benzene rings is 3. The van der Waals surface area contributed by atoms with Gasteiger partial charge in [-0.05, 0) is 48.2 Å². The molecule has 0 unspecified atom stereocenters. The third-order valence-corrected chi connectivity index (χ3v) is 8.22. The second-order valence-corrected chi connectivity index (χ2v) is 12.4. The minimum Gasteiger partial charge on any atom is -0.354 e. The molecule has 0 radical (unpaired) electrons. The molecule has 0 spiro atoms. The Morgan fingerprint density at radius 3 is 2.27 bits per heavy atom. The van der Waals surface area contributed by atoms with E-state index in [-0.39, 0.29) is 29.6 Å². The van der Waals surface area contributed by atoms with Crippen molar-refractivity contribution in [1.29, 1.82) is 0 Å². The first-order chi connectivity index (χ1) is 19.0. The van der Waals surface area contributed by atoms with E-state index >= 15 is 0 Å². The monoisotopic (exact) mass is 603 g/mol. The molecule has 1 atom stereocenters. The lowest BCUT2D eigenvalue weighted by atomic mass is 10.0. The molecule has 1 N–H and O–H groups in total. The second-order valence-electron chi connectivity index (χ2n) is 9.66. The standard InChI is InChI=1S/C30H35Cl2N3O4S/c1-4-5-17-33-30(37)28(18-23-12-7-6-8-13-23)34(20-24-14-10-9-11-22(24)2)29(36)21-35(40(3,38)39)27-16-15-25(31)19-26(27)32/h6-16,19,28H,4-5,17-18,20-21H2,1-3H3,(H,33,37)/t28-/m0/s1. The number of carbonyl (C=O) groups excluding carboxylic acids is 2. The van der Waals surface area contributed by atoms with Crippen molar-refractivity contribution in [3.63, 3.8) is 0 Å². The van der Waals surface area contributed by atoms with E-state index < -0.39 is 28.5 Å². The topological polar surface area (TPSA) is 86.8 Å². The molecule has 0 aliphatic rings. The number of anilines is 1. The lowest BCUT2D eigenvalue weighted by Gasteiger charge is -2.34. The summed E-state index contributed by atoms with van der Waals surface area (Å²) in [6, 6.07) is 20.6. The van der Waals surface area contributed by atoms with Gasteiger partial charge in [-0.25, -0.2) is 8.42 Å². The first kappa shape index (κ1) is 31.5. The predicted molar refractivity (Wildman–Crippen MR) is 162 cm³/mol. The Balaban J connectivity index is 2.06. The maximum absolute atomic E-state index is 14.1. The molecule has 3 aromatic rings. The zero-order chi connectivity index (χ0) is 29.3. The summed E-state index contributed by atoms with van der Waals surface area (Å²) in [5, 5.41) is 3.40. The second kappa shape index (κ2) is 14.5. The van der Waals surface area contributed by atoms with E-state index in [0.29, 0.717) is 11.6 Å². The number of unbranched alkanes of at least 4 members (excludes halogenated alkanes) is 1. The summed E-state index contributed by atoms with van der Waals surface area (Å²) in [7, 11) is -3.93. The SMILES string of the molecule is CCCCNC(=O)[C@H](Cc1ccccc1)N(Cc1ccccc1C)C(=O)CN(c1ccc(Cl)cc1Cl)S(C)(=O)=O. The van der Waals surface area contributed by atoms with Crippen LogP contribution in [0.25, 0.3) is 0 Å². The van der Waals surface area contributed by atoms with Gasteiger partial charge in [0.25, 0.3) is 0 Å². The van der Waals surface area contributed by atoms with Gasteiger partial charge in [0.05, 0.1) is 17.0 Å². The van der Waals surface area contributed by atoms with Crippen LogP contribution in [0.4, 0.5) is 5.69 Å². The highest BCUT2D eigenvalue weighted by atomic mass is 35.5. The van der Waals surface area contributed by atoms with Crippen LogP contribution < -0.4 is 9.62 Å². The maximum atomic E-state index is 14.1. The van der Waals surface area contributed by atoms with Crippen molar-refractivity contribution in [3.05, 3.63) is 99.5 Å². The summed E-state index contributed by atoms with van der Waals surface area (Å²) in [5.41, 5.74) is 2.81. The summed E-state index contributed by atoms with van der Waals surface area (Å²) in [5.74, 6) is -0.832. The number of halogens is 2. The van der Waals surface area contributed by atoms with Gasteiger partial charge in [-0.3, -0.25) is 13.9 Å². The van der Waals surface area contributed by atoms with E-state index in [9.17, 15) is 18.0 Å². The van der Waals surface area contributed by atoms with Crippen LogP contribution in [0.3, 0.4) is 0 Å². The van der Waals surface area contributed by atoms with Gasteiger partial charge in [-0.2, -0.15) is 0 Å². The number of hydrogen-bond acceptors (Lipinski definition) is 4. The fraction of sp³-hybridized carbons (Fsp3) is 0.333. The molecular formula is C30H35Cl2N3O4S. The van der Waals surface area contributed by atoms with Crippen molar-refractivity contribution in [2.45, 2.75) is 45.7 Å². The van der Waals surface area contributed by atoms with E-state index in [4.69, 9.17) is 23.2 Å². The minimum absolute atomic E-state index is 0.0920. The number of nitrogens with zero attached hydrogens (tertiary/aromatic N) is 2. The van der Waals surface area contributed by atoms with Gasteiger partial charge >= 0.3 is 0 Å². The normalized spacial score (nSPS) is 12.0. The van der Waals surface area contributed by atoms with Crippen molar-refractivity contribution in [2.24, 2.45) is 0 Å². The van der Waals surface area contributed by atoms with E-state index in [2.05, 4.69) is 5.32 Å². The largest absolute Gasteiger partial charge is 0.354 e. The Hall–Kier alpha value is -3.07. The summed E-state index contributed by atoms with van der Waals surface area (Å²) >= 11 is 12.4. The fourth-order valence-electron chi connectivity index (χ4n) is 4.31. The molecule has 0 bridgehead atoms. The molecule has 0 aliphatic heterocycles. The molecule has 0 fully saturated rings. The molecule has 0 aliphatic carbocycles. The molecule has 0 saturated carbocycles. The van der Waals surface area contributed by atoms with Gasteiger partial charge < -0.3 is 10.2 Å². The van der Waals surface area contributed by atoms with Crippen LogP contribution in [0.1, 0.15) is 36.5 Å². The van der Waals surface area contributed by atoms with Crippen LogP contribution in [-0.4, -0.2) is 50.5 Å². The van der Waals surface area contributed by atoms with Crippen molar-refractivity contribution in [1.82, 2.24) is 10.2 Å².